The number of phenolic OH excluding ortho intramolecular Hbond substituents is 2. The second-order valence-corrected chi connectivity index (χ2v) is 7.86. The molecule has 0 aromatic heterocycles. The fourth-order valence-electron chi connectivity index (χ4n) is 3.43. The maximum Gasteiger partial charge on any atom is 0.306 e. The first kappa shape index (κ1) is 24.3. The van der Waals surface area contributed by atoms with Gasteiger partial charge in [-0.1, -0.05) is 37.1 Å². The van der Waals surface area contributed by atoms with Crippen LogP contribution in [-0.2, 0) is 38.7 Å². The molecular formula is C25H32O6. The Morgan fingerprint density at radius 1 is 0.710 bits per heavy atom. The molecule has 0 atom stereocenters. The molecule has 0 saturated heterocycles. The second kappa shape index (κ2) is 11.4. The molecule has 0 saturated carbocycles. The molecule has 0 heterocycles. The zero-order chi connectivity index (χ0) is 23.0. The Balaban J connectivity index is 2.25. The third-order valence-electron chi connectivity index (χ3n) is 4.89. The van der Waals surface area contributed by atoms with Gasteiger partial charge in [-0.3, -0.25) is 9.59 Å². The molecular weight excluding hydrogens is 396 g/mol. The molecule has 2 aromatic rings. The Hall–Kier alpha value is -3.02. The van der Waals surface area contributed by atoms with Crippen LogP contribution in [0.1, 0.15) is 72.9 Å². The number of phenols is 2. The van der Waals surface area contributed by atoms with Crippen LogP contribution in [0.15, 0.2) is 24.3 Å². The first-order chi connectivity index (χ1) is 14.7. The van der Waals surface area contributed by atoms with E-state index in [1.807, 2.05) is 39.8 Å². The van der Waals surface area contributed by atoms with Gasteiger partial charge in [0.2, 0.25) is 0 Å². The lowest BCUT2D eigenvalue weighted by atomic mass is 9.95. The van der Waals surface area contributed by atoms with Crippen molar-refractivity contribution >= 4 is 11.9 Å². The van der Waals surface area contributed by atoms with E-state index >= 15 is 0 Å². The lowest BCUT2D eigenvalue weighted by Gasteiger charge is -2.15. The standard InChI is InChI=1S/C25H32O6/c1-5-7-22(26)30-14-20-11-16(3)9-18(24(20)28)13-19-10-17(4)12-21(25(19)29)15-31-23(27)8-6-2/h9-12,28-29H,5-8,13-15H2,1-4H3. The Labute approximate surface area is 183 Å². The van der Waals surface area contributed by atoms with Gasteiger partial charge in [-0.25, -0.2) is 0 Å². The highest BCUT2D eigenvalue weighted by atomic mass is 16.5. The van der Waals surface area contributed by atoms with Gasteiger partial charge in [0.15, 0.2) is 0 Å². The number of aryl methyl sites for hydroxylation is 2. The van der Waals surface area contributed by atoms with Crippen LogP contribution in [0.2, 0.25) is 0 Å². The molecule has 2 aromatic carbocycles. The maximum absolute atomic E-state index is 11.7. The molecule has 0 radical (unpaired) electrons. The van der Waals surface area contributed by atoms with Crippen molar-refractivity contribution in [1.29, 1.82) is 0 Å². The van der Waals surface area contributed by atoms with Crippen LogP contribution in [0.3, 0.4) is 0 Å². The third-order valence-corrected chi connectivity index (χ3v) is 4.89. The Morgan fingerprint density at radius 2 is 1.06 bits per heavy atom. The lowest BCUT2D eigenvalue weighted by molar-refractivity contribution is -0.145. The zero-order valence-electron chi connectivity index (χ0n) is 18.8. The molecule has 0 bridgehead atoms. The highest BCUT2D eigenvalue weighted by Crippen LogP contribution is 2.32. The summed E-state index contributed by atoms with van der Waals surface area (Å²) in [6.07, 6.45) is 2.36. The Morgan fingerprint density at radius 3 is 1.42 bits per heavy atom. The summed E-state index contributed by atoms with van der Waals surface area (Å²) in [5.74, 6) is -0.509. The largest absolute Gasteiger partial charge is 0.507 e. The van der Waals surface area contributed by atoms with E-state index in [1.165, 1.54) is 0 Å². The van der Waals surface area contributed by atoms with Crippen LogP contribution in [0.5, 0.6) is 11.5 Å². The topological polar surface area (TPSA) is 93.1 Å². The molecule has 0 fully saturated rings. The number of carbonyl (C=O) groups excluding carboxylic acids is 2. The highest BCUT2D eigenvalue weighted by molar-refractivity contribution is 5.69. The van der Waals surface area contributed by atoms with E-state index in [0.29, 0.717) is 47.9 Å². The molecule has 2 rings (SSSR count). The van der Waals surface area contributed by atoms with Crippen molar-refractivity contribution in [3.63, 3.8) is 0 Å². The van der Waals surface area contributed by atoms with Gasteiger partial charge in [-0.15, -0.1) is 0 Å². The van der Waals surface area contributed by atoms with Crippen LogP contribution in [0, 0.1) is 13.8 Å². The first-order valence-corrected chi connectivity index (χ1v) is 10.7. The lowest BCUT2D eigenvalue weighted by Crippen LogP contribution is -2.06. The van der Waals surface area contributed by atoms with Crippen molar-refractivity contribution in [2.45, 2.75) is 73.0 Å². The number of hydrogen-bond donors (Lipinski definition) is 2. The third kappa shape index (κ3) is 7.02. The SMILES string of the molecule is CCCC(=O)OCc1cc(C)cc(Cc2cc(C)cc(COC(=O)CCC)c2O)c1O. The van der Waals surface area contributed by atoms with Crippen molar-refractivity contribution in [1.82, 2.24) is 0 Å². The number of esters is 2. The minimum absolute atomic E-state index is 0.00221. The summed E-state index contributed by atoms with van der Waals surface area (Å²) >= 11 is 0. The van der Waals surface area contributed by atoms with Crippen LogP contribution < -0.4 is 0 Å². The quantitative estimate of drug-likeness (QED) is 0.518. The van der Waals surface area contributed by atoms with Crippen LogP contribution in [0.4, 0.5) is 0 Å². The molecule has 0 spiro atoms. The van der Waals surface area contributed by atoms with Crippen molar-refractivity contribution in [3.05, 3.63) is 57.6 Å². The molecule has 168 valence electrons. The number of aromatic hydroxyl groups is 2. The molecule has 0 unspecified atom stereocenters. The first-order valence-electron chi connectivity index (χ1n) is 10.7. The summed E-state index contributed by atoms with van der Waals surface area (Å²) in [5, 5.41) is 21.5. The van der Waals surface area contributed by atoms with E-state index in [2.05, 4.69) is 0 Å². The summed E-state index contributed by atoms with van der Waals surface area (Å²) in [7, 11) is 0. The van der Waals surface area contributed by atoms with E-state index in [4.69, 9.17) is 9.47 Å². The van der Waals surface area contributed by atoms with Gasteiger partial charge in [0.05, 0.1) is 0 Å². The predicted molar refractivity (Wildman–Crippen MR) is 118 cm³/mol. The van der Waals surface area contributed by atoms with E-state index in [9.17, 15) is 19.8 Å². The van der Waals surface area contributed by atoms with Crippen LogP contribution in [-0.4, -0.2) is 22.2 Å². The number of rotatable bonds is 10. The Bertz CT molecular complexity index is 857. The number of benzene rings is 2. The minimum Gasteiger partial charge on any atom is -0.507 e. The molecule has 31 heavy (non-hydrogen) atoms. The average Bonchev–Trinajstić information content (AvgIpc) is 2.71. The van der Waals surface area contributed by atoms with Gasteiger partial charge < -0.3 is 19.7 Å². The monoisotopic (exact) mass is 428 g/mol. The summed E-state index contributed by atoms with van der Waals surface area (Å²) in [5.41, 5.74) is 4.12. The van der Waals surface area contributed by atoms with E-state index in [-0.39, 0.29) is 43.1 Å². The van der Waals surface area contributed by atoms with E-state index in [0.717, 1.165) is 11.1 Å². The normalized spacial score (nSPS) is 10.7. The van der Waals surface area contributed by atoms with Crippen molar-refractivity contribution < 1.29 is 29.3 Å². The predicted octanol–water partition coefficient (Wildman–Crippen LogP) is 4.99. The summed E-state index contributed by atoms with van der Waals surface area (Å²) < 4.78 is 10.5. The summed E-state index contributed by atoms with van der Waals surface area (Å²) in [6.45, 7) is 7.59. The summed E-state index contributed by atoms with van der Waals surface area (Å²) in [6, 6.07) is 7.25. The fourth-order valence-corrected chi connectivity index (χ4v) is 3.43. The molecule has 6 nitrogen and oxygen atoms in total. The molecule has 0 aliphatic rings. The smallest absolute Gasteiger partial charge is 0.306 e. The van der Waals surface area contributed by atoms with Crippen LogP contribution in [0.25, 0.3) is 0 Å². The van der Waals surface area contributed by atoms with Gasteiger partial charge >= 0.3 is 11.9 Å². The number of ether oxygens (including phenoxy) is 2. The van der Waals surface area contributed by atoms with Gasteiger partial charge in [-0.2, -0.15) is 0 Å². The molecule has 0 amide bonds. The second-order valence-electron chi connectivity index (χ2n) is 7.86. The van der Waals surface area contributed by atoms with Crippen molar-refractivity contribution in [3.8, 4) is 11.5 Å². The summed E-state index contributed by atoms with van der Waals surface area (Å²) in [4.78, 5) is 23.4. The Kier molecular flexibility index (Phi) is 8.91. The van der Waals surface area contributed by atoms with Gasteiger partial charge in [0.1, 0.15) is 24.7 Å². The van der Waals surface area contributed by atoms with E-state index in [1.54, 1.807) is 12.1 Å². The zero-order valence-corrected chi connectivity index (χ0v) is 18.8. The van der Waals surface area contributed by atoms with Gasteiger partial charge in [-0.05, 0) is 49.9 Å². The van der Waals surface area contributed by atoms with Crippen molar-refractivity contribution in [2.24, 2.45) is 0 Å². The molecule has 2 N–H and O–H groups in total. The molecule has 0 aliphatic carbocycles. The minimum atomic E-state index is -0.302. The van der Waals surface area contributed by atoms with Gasteiger partial charge in [0, 0.05) is 30.4 Å². The fraction of sp³-hybridized carbons (Fsp3) is 0.440. The number of carbonyl (C=O) groups is 2. The van der Waals surface area contributed by atoms with Crippen molar-refractivity contribution in [2.75, 3.05) is 0 Å². The highest BCUT2D eigenvalue weighted by Gasteiger charge is 2.16. The van der Waals surface area contributed by atoms with Crippen LogP contribution >= 0.6 is 0 Å². The maximum atomic E-state index is 11.7. The molecule has 6 heteroatoms. The van der Waals surface area contributed by atoms with E-state index < -0.39 is 0 Å². The molecule has 0 aliphatic heterocycles. The average molecular weight is 429 g/mol. The van der Waals surface area contributed by atoms with Gasteiger partial charge in [0.25, 0.3) is 0 Å². The number of hydrogen-bond acceptors (Lipinski definition) is 6.